The predicted molar refractivity (Wildman–Crippen MR) is 80.3 cm³/mol. The monoisotopic (exact) mass is 338 g/mol. The van der Waals surface area contributed by atoms with Crippen molar-refractivity contribution < 1.29 is 20.1 Å². The van der Waals surface area contributed by atoms with Crippen LogP contribution >= 0.6 is 15.9 Å². The number of halogens is 1. The molecule has 0 aliphatic rings. The molecule has 0 fully saturated rings. The number of aliphatic hydroxyl groups excluding tert-OH is 2. The predicted octanol–water partition coefficient (Wildman–Crippen LogP) is 2.72. The summed E-state index contributed by atoms with van der Waals surface area (Å²) in [6.07, 6.45) is -1.52. The van der Waals surface area contributed by atoms with Gasteiger partial charge in [0.25, 0.3) is 0 Å². The molecule has 106 valence electrons. The zero-order valence-electron chi connectivity index (χ0n) is 10.7. The van der Waals surface area contributed by atoms with Gasteiger partial charge in [0, 0.05) is 5.33 Å². The van der Waals surface area contributed by atoms with Crippen molar-refractivity contribution in [2.24, 2.45) is 0 Å². The Morgan fingerprint density at radius 1 is 1.10 bits per heavy atom. The average Bonchev–Trinajstić information content (AvgIpc) is 2.45. The number of carbonyl (C=O) groups is 1. The molecule has 0 radical (unpaired) electrons. The lowest BCUT2D eigenvalue weighted by Crippen LogP contribution is -2.19. The number of carboxylic acid groups (broad SMARTS) is 1. The van der Waals surface area contributed by atoms with Crippen LogP contribution in [0.5, 0.6) is 0 Å². The van der Waals surface area contributed by atoms with Crippen LogP contribution in [0.4, 0.5) is 0 Å². The quantitative estimate of drug-likeness (QED) is 0.732. The van der Waals surface area contributed by atoms with E-state index in [-0.39, 0.29) is 5.56 Å². The number of alkyl halides is 1. The molecular formula is C15H15BrO4. The summed E-state index contributed by atoms with van der Waals surface area (Å²) in [5.41, 5.74) is 0.727. The minimum atomic E-state index is -1.04. The Balaban J connectivity index is 2.55. The third-order valence-corrected chi connectivity index (χ3v) is 3.73. The Morgan fingerprint density at radius 2 is 1.75 bits per heavy atom. The maximum absolute atomic E-state index is 11.2. The van der Waals surface area contributed by atoms with E-state index in [2.05, 4.69) is 15.9 Å². The van der Waals surface area contributed by atoms with Gasteiger partial charge in [-0.1, -0.05) is 46.3 Å². The van der Waals surface area contributed by atoms with Crippen molar-refractivity contribution in [2.45, 2.75) is 18.6 Å². The first-order chi connectivity index (χ1) is 9.56. The van der Waals surface area contributed by atoms with Crippen molar-refractivity contribution in [3.8, 4) is 0 Å². The number of aromatic carboxylic acids is 1. The van der Waals surface area contributed by atoms with Gasteiger partial charge in [-0.15, -0.1) is 0 Å². The smallest absolute Gasteiger partial charge is 0.336 e. The lowest BCUT2D eigenvalue weighted by Gasteiger charge is -2.19. The van der Waals surface area contributed by atoms with E-state index >= 15 is 0 Å². The molecule has 3 N–H and O–H groups in total. The van der Waals surface area contributed by atoms with Crippen LogP contribution in [0.25, 0.3) is 10.8 Å². The van der Waals surface area contributed by atoms with E-state index < -0.39 is 18.2 Å². The largest absolute Gasteiger partial charge is 0.478 e. The van der Waals surface area contributed by atoms with Crippen LogP contribution in [-0.2, 0) is 0 Å². The first kappa shape index (κ1) is 15.0. The molecule has 0 amide bonds. The molecule has 5 heteroatoms. The fraction of sp³-hybridized carbons (Fsp3) is 0.267. The molecule has 0 heterocycles. The van der Waals surface area contributed by atoms with Crippen LogP contribution < -0.4 is 0 Å². The van der Waals surface area contributed by atoms with Crippen LogP contribution in [0.15, 0.2) is 36.4 Å². The van der Waals surface area contributed by atoms with E-state index in [1.807, 2.05) is 0 Å². The molecule has 2 aromatic rings. The maximum Gasteiger partial charge on any atom is 0.336 e. The second kappa shape index (κ2) is 6.35. The molecule has 0 spiro atoms. The number of fused-ring (bicyclic) bond motifs is 1. The molecule has 0 aromatic heterocycles. The summed E-state index contributed by atoms with van der Waals surface area (Å²) in [5, 5.41) is 31.1. The molecule has 0 aliphatic carbocycles. The van der Waals surface area contributed by atoms with E-state index in [1.165, 1.54) is 6.07 Å². The number of hydrogen-bond donors (Lipinski definition) is 3. The summed E-state index contributed by atoms with van der Waals surface area (Å²) >= 11 is 3.22. The van der Waals surface area contributed by atoms with Crippen molar-refractivity contribution in [1.82, 2.24) is 0 Å². The Morgan fingerprint density at radius 3 is 2.40 bits per heavy atom. The zero-order valence-corrected chi connectivity index (χ0v) is 12.2. The van der Waals surface area contributed by atoms with Crippen molar-refractivity contribution in [3.05, 3.63) is 47.5 Å². The standard InChI is InChI=1S/C15H15BrO4/c16-8-7-13(17)14(18)11-5-1-4-10-9(11)3-2-6-12(10)15(19)20/h1-6,13-14,17-18H,7-8H2,(H,19,20). The Labute approximate surface area is 124 Å². The van der Waals surface area contributed by atoms with Gasteiger partial charge in [0.1, 0.15) is 6.10 Å². The van der Waals surface area contributed by atoms with Crippen molar-refractivity contribution >= 4 is 32.7 Å². The summed E-state index contributed by atoms with van der Waals surface area (Å²) in [6, 6.07) is 10.0. The van der Waals surface area contributed by atoms with Gasteiger partial charge in [-0.05, 0) is 28.8 Å². The van der Waals surface area contributed by atoms with Crippen molar-refractivity contribution in [2.75, 3.05) is 5.33 Å². The molecule has 2 atom stereocenters. The van der Waals surface area contributed by atoms with Gasteiger partial charge in [-0.3, -0.25) is 0 Å². The number of benzene rings is 2. The van der Waals surface area contributed by atoms with E-state index in [4.69, 9.17) is 0 Å². The first-order valence-electron chi connectivity index (χ1n) is 6.23. The normalized spacial score (nSPS) is 14.2. The van der Waals surface area contributed by atoms with Crippen LogP contribution in [0.2, 0.25) is 0 Å². The number of rotatable bonds is 5. The highest BCUT2D eigenvalue weighted by molar-refractivity contribution is 9.09. The molecule has 0 aliphatic heterocycles. The summed E-state index contributed by atoms with van der Waals surface area (Å²) in [6.45, 7) is 0. The summed E-state index contributed by atoms with van der Waals surface area (Å²) in [5.74, 6) is -1.01. The molecule has 2 unspecified atom stereocenters. The second-order valence-corrected chi connectivity index (χ2v) is 5.34. The number of carboxylic acids is 1. The molecule has 0 bridgehead atoms. The summed E-state index contributed by atoms with van der Waals surface area (Å²) in [7, 11) is 0. The summed E-state index contributed by atoms with van der Waals surface area (Å²) in [4.78, 5) is 11.2. The van der Waals surface area contributed by atoms with E-state index in [9.17, 15) is 20.1 Å². The molecule has 2 aromatic carbocycles. The average molecular weight is 339 g/mol. The highest BCUT2D eigenvalue weighted by atomic mass is 79.9. The summed E-state index contributed by atoms with van der Waals surface area (Å²) < 4.78 is 0. The number of aliphatic hydroxyl groups is 2. The molecule has 0 saturated carbocycles. The Kier molecular flexibility index (Phi) is 4.75. The van der Waals surface area contributed by atoms with E-state index in [0.717, 1.165) is 0 Å². The fourth-order valence-corrected chi connectivity index (χ4v) is 2.72. The topological polar surface area (TPSA) is 77.8 Å². The van der Waals surface area contributed by atoms with Gasteiger partial charge in [0.15, 0.2) is 0 Å². The van der Waals surface area contributed by atoms with Gasteiger partial charge in [-0.25, -0.2) is 4.79 Å². The highest BCUT2D eigenvalue weighted by Gasteiger charge is 2.20. The van der Waals surface area contributed by atoms with Gasteiger partial charge in [0.2, 0.25) is 0 Å². The fourth-order valence-electron chi connectivity index (χ4n) is 2.26. The third-order valence-electron chi connectivity index (χ3n) is 3.27. The van der Waals surface area contributed by atoms with E-state index in [0.29, 0.717) is 28.1 Å². The first-order valence-corrected chi connectivity index (χ1v) is 7.35. The number of hydrogen-bond acceptors (Lipinski definition) is 3. The van der Waals surface area contributed by atoms with Crippen LogP contribution in [0, 0.1) is 0 Å². The Bertz CT molecular complexity index is 626. The Hall–Kier alpha value is -1.43. The van der Waals surface area contributed by atoms with Crippen molar-refractivity contribution in [1.29, 1.82) is 0 Å². The lowest BCUT2D eigenvalue weighted by atomic mass is 9.94. The maximum atomic E-state index is 11.2. The molecule has 4 nitrogen and oxygen atoms in total. The minimum Gasteiger partial charge on any atom is -0.478 e. The molecule has 20 heavy (non-hydrogen) atoms. The minimum absolute atomic E-state index is 0.187. The van der Waals surface area contributed by atoms with Crippen LogP contribution in [0.3, 0.4) is 0 Å². The SMILES string of the molecule is O=C(O)c1cccc2c(C(O)C(O)CCBr)cccc12. The zero-order chi connectivity index (χ0) is 14.7. The van der Waals surface area contributed by atoms with Gasteiger partial charge >= 0.3 is 5.97 Å². The molecule has 0 saturated heterocycles. The van der Waals surface area contributed by atoms with E-state index in [1.54, 1.807) is 30.3 Å². The molecule has 2 rings (SSSR count). The second-order valence-electron chi connectivity index (χ2n) is 4.54. The third kappa shape index (κ3) is 2.85. The van der Waals surface area contributed by atoms with Gasteiger partial charge in [-0.2, -0.15) is 0 Å². The van der Waals surface area contributed by atoms with Crippen LogP contribution in [-0.4, -0.2) is 32.7 Å². The lowest BCUT2D eigenvalue weighted by molar-refractivity contribution is 0.0182. The van der Waals surface area contributed by atoms with Gasteiger partial charge < -0.3 is 15.3 Å². The van der Waals surface area contributed by atoms with Crippen LogP contribution in [0.1, 0.15) is 28.4 Å². The van der Waals surface area contributed by atoms with Gasteiger partial charge in [0.05, 0.1) is 11.7 Å². The highest BCUT2D eigenvalue weighted by Crippen LogP contribution is 2.29. The van der Waals surface area contributed by atoms with Crippen molar-refractivity contribution in [3.63, 3.8) is 0 Å². The molecular weight excluding hydrogens is 324 g/mol.